The highest BCUT2D eigenvalue weighted by Crippen LogP contribution is 2.36. The highest BCUT2D eigenvalue weighted by Gasteiger charge is 2.33. The normalized spacial score (nSPS) is 11.1. The van der Waals surface area contributed by atoms with Crippen LogP contribution >= 0.6 is 11.6 Å². The van der Waals surface area contributed by atoms with E-state index in [0.29, 0.717) is 22.7 Å². The van der Waals surface area contributed by atoms with Crippen molar-refractivity contribution < 1.29 is 27.5 Å². The average molecular weight is 464 g/mol. The highest BCUT2D eigenvalue weighted by atomic mass is 35.5. The molecule has 0 spiro atoms. The minimum atomic E-state index is -4.64. The summed E-state index contributed by atoms with van der Waals surface area (Å²) in [4.78, 5) is 27.6. The molecule has 3 aromatic rings. The molecule has 0 bridgehead atoms. The second-order valence-corrected chi connectivity index (χ2v) is 7.19. The van der Waals surface area contributed by atoms with E-state index in [4.69, 9.17) is 16.3 Å². The Morgan fingerprint density at radius 2 is 1.72 bits per heavy atom. The van der Waals surface area contributed by atoms with E-state index in [1.165, 1.54) is 25.3 Å². The molecule has 10 heteroatoms. The number of aryl methyl sites for hydroxylation is 1. The van der Waals surface area contributed by atoms with E-state index in [9.17, 15) is 22.8 Å². The van der Waals surface area contributed by atoms with E-state index in [-0.39, 0.29) is 17.2 Å². The molecule has 1 heterocycles. The van der Waals surface area contributed by atoms with Crippen molar-refractivity contribution in [1.29, 1.82) is 0 Å². The molecule has 6 nitrogen and oxygen atoms in total. The summed E-state index contributed by atoms with van der Waals surface area (Å²) in [6.45, 7) is 3.12. The molecule has 0 aliphatic heterocycles. The largest absolute Gasteiger partial charge is 0.457 e. The predicted octanol–water partition coefficient (Wildman–Crippen LogP) is 6.70. The van der Waals surface area contributed by atoms with E-state index >= 15 is 0 Å². The maximum Gasteiger partial charge on any atom is 0.417 e. The number of benzene rings is 2. The van der Waals surface area contributed by atoms with Gasteiger partial charge in [-0.15, -0.1) is 0 Å². The van der Waals surface area contributed by atoms with Crippen LogP contribution in [0, 0.1) is 6.92 Å². The number of aromatic nitrogens is 1. The summed E-state index contributed by atoms with van der Waals surface area (Å²) >= 11 is 5.58. The van der Waals surface area contributed by atoms with Gasteiger partial charge in [-0.3, -0.25) is 9.78 Å². The first-order chi connectivity index (χ1) is 15.0. The summed E-state index contributed by atoms with van der Waals surface area (Å²) in [5.74, 6) is 0.688. The third kappa shape index (κ3) is 5.76. The van der Waals surface area contributed by atoms with Crippen LogP contribution in [0.15, 0.2) is 54.7 Å². The van der Waals surface area contributed by atoms with Gasteiger partial charge in [-0.25, -0.2) is 4.79 Å². The van der Waals surface area contributed by atoms with Crippen molar-refractivity contribution in [3.63, 3.8) is 0 Å². The summed E-state index contributed by atoms with van der Waals surface area (Å²) in [5, 5.41) is 4.46. The predicted molar refractivity (Wildman–Crippen MR) is 115 cm³/mol. The summed E-state index contributed by atoms with van der Waals surface area (Å²) in [7, 11) is 0. The molecule has 0 atom stereocenters. The van der Waals surface area contributed by atoms with Crippen molar-refractivity contribution in [2.75, 3.05) is 10.6 Å². The van der Waals surface area contributed by atoms with Crippen LogP contribution < -0.4 is 15.4 Å². The Kier molecular flexibility index (Phi) is 6.69. The number of Topliss-reactive ketones (excluding diaryl/α,β-unsaturated/α-hetero) is 1. The number of ketones is 1. The third-order valence-electron chi connectivity index (χ3n) is 4.30. The number of ether oxygens (including phenoxy) is 1. The van der Waals surface area contributed by atoms with Gasteiger partial charge in [0.15, 0.2) is 5.78 Å². The van der Waals surface area contributed by atoms with Crippen LogP contribution in [0.4, 0.5) is 29.3 Å². The zero-order chi connectivity index (χ0) is 23.5. The van der Waals surface area contributed by atoms with Crippen molar-refractivity contribution in [3.05, 3.63) is 76.6 Å². The van der Waals surface area contributed by atoms with Gasteiger partial charge in [0.1, 0.15) is 17.2 Å². The number of hydrogen-bond acceptors (Lipinski definition) is 4. The molecule has 0 saturated carbocycles. The van der Waals surface area contributed by atoms with E-state index < -0.39 is 22.8 Å². The van der Waals surface area contributed by atoms with Gasteiger partial charge in [-0.05, 0) is 55.0 Å². The lowest BCUT2D eigenvalue weighted by atomic mass is 10.2. The number of alkyl halides is 3. The van der Waals surface area contributed by atoms with Gasteiger partial charge >= 0.3 is 12.2 Å². The number of hydrogen-bond donors (Lipinski definition) is 2. The summed E-state index contributed by atoms with van der Waals surface area (Å²) < 4.78 is 44.7. The number of amides is 2. The first kappa shape index (κ1) is 23.1. The van der Waals surface area contributed by atoms with Crippen molar-refractivity contribution in [2.45, 2.75) is 20.0 Å². The van der Waals surface area contributed by atoms with E-state index in [0.717, 1.165) is 12.1 Å². The van der Waals surface area contributed by atoms with Gasteiger partial charge in [-0.1, -0.05) is 11.6 Å². The Labute approximate surface area is 186 Å². The average Bonchev–Trinajstić information content (AvgIpc) is 2.71. The number of urea groups is 1. The Hall–Kier alpha value is -3.59. The number of anilines is 2. The quantitative estimate of drug-likeness (QED) is 0.412. The number of nitrogens with zero attached hydrogens (tertiary/aromatic N) is 1. The second kappa shape index (κ2) is 9.27. The lowest BCUT2D eigenvalue weighted by Crippen LogP contribution is -2.20. The minimum Gasteiger partial charge on any atom is -0.457 e. The lowest BCUT2D eigenvalue weighted by Gasteiger charge is -2.14. The SMILES string of the molecule is CC(=O)c1cc(Oc2ccc(NC(=O)Nc3ccc(Cl)c(C(F)(F)F)c3)c(C)c2)ccn1. The van der Waals surface area contributed by atoms with Gasteiger partial charge in [0.05, 0.1) is 10.6 Å². The molecule has 0 aliphatic rings. The summed E-state index contributed by atoms with van der Waals surface area (Å²) in [6, 6.07) is 10.3. The molecular formula is C22H17ClF3N3O3. The Balaban J connectivity index is 1.69. The molecule has 2 aromatic carbocycles. The van der Waals surface area contributed by atoms with Crippen molar-refractivity contribution in [1.82, 2.24) is 4.98 Å². The van der Waals surface area contributed by atoms with Crippen molar-refractivity contribution >= 4 is 34.8 Å². The molecule has 0 aliphatic carbocycles. The molecule has 0 fully saturated rings. The maximum absolute atomic E-state index is 13.0. The number of nitrogens with one attached hydrogen (secondary N) is 2. The third-order valence-corrected chi connectivity index (χ3v) is 4.63. The Morgan fingerprint density at radius 3 is 2.38 bits per heavy atom. The zero-order valence-electron chi connectivity index (χ0n) is 16.9. The van der Waals surface area contributed by atoms with Crippen LogP contribution in [0.5, 0.6) is 11.5 Å². The van der Waals surface area contributed by atoms with E-state index in [2.05, 4.69) is 15.6 Å². The number of carbonyl (C=O) groups excluding carboxylic acids is 2. The fourth-order valence-electron chi connectivity index (χ4n) is 2.75. The topological polar surface area (TPSA) is 80.3 Å². The lowest BCUT2D eigenvalue weighted by molar-refractivity contribution is -0.137. The molecule has 3 rings (SSSR count). The van der Waals surface area contributed by atoms with Gasteiger partial charge in [-0.2, -0.15) is 13.2 Å². The molecular weight excluding hydrogens is 447 g/mol. The van der Waals surface area contributed by atoms with Crippen molar-refractivity contribution in [2.24, 2.45) is 0 Å². The molecule has 2 amide bonds. The fraction of sp³-hybridized carbons (Fsp3) is 0.136. The monoisotopic (exact) mass is 463 g/mol. The molecule has 0 radical (unpaired) electrons. The number of carbonyl (C=O) groups is 2. The first-order valence-electron chi connectivity index (χ1n) is 9.23. The minimum absolute atomic E-state index is 0.0594. The number of rotatable bonds is 5. The maximum atomic E-state index is 13.0. The Morgan fingerprint density at radius 1 is 1.00 bits per heavy atom. The van der Waals surface area contributed by atoms with Gasteiger partial charge in [0, 0.05) is 30.6 Å². The molecule has 166 valence electrons. The van der Waals surface area contributed by atoms with Crippen LogP contribution in [-0.2, 0) is 6.18 Å². The van der Waals surface area contributed by atoms with Crippen LogP contribution in [-0.4, -0.2) is 16.8 Å². The first-order valence-corrected chi connectivity index (χ1v) is 9.61. The van der Waals surface area contributed by atoms with Crippen molar-refractivity contribution in [3.8, 4) is 11.5 Å². The number of pyridine rings is 1. The summed E-state index contributed by atoms with van der Waals surface area (Å²) in [6.07, 6.45) is -3.18. The standard InChI is InChI=1S/C22H17ClF3N3O3/c1-12-9-15(32-16-7-8-27-20(11-16)13(2)30)4-6-19(12)29-21(31)28-14-3-5-18(23)17(10-14)22(24,25)26/h3-11H,1-2H3,(H2,28,29,31). The van der Waals surface area contributed by atoms with E-state index in [1.807, 2.05) is 0 Å². The molecule has 2 N–H and O–H groups in total. The van der Waals surface area contributed by atoms with Gasteiger partial charge < -0.3 is 15.4 Å². The van der Waals surface area contributed by atoms with Gasteiger partial charge in [0.25, 0.3) is 0 Å². The Bertz CT molecular complexity index is 1180. The van der Waals surface area contributed by atoms with Crippen LogP contribution in [0.1, 0.15) is 28.5 Å². The summed E-state index contributed by atoms with van der Waals surface area (Å²) in [5.41, 5.74) is 0.240. The van der Waals surface area contributed by atoms with Crippen LogP contribution in [0.25, 0.3) is 0 Å². The molecule has 32 heavy (non-hydrogen) atoms. The number of halogens is 4. The second-order valence-electron chi connectivity index (χ2n) is 6.78. The molecule has 0 unspecified atom stereocenters. The molecule has 1 aromatic heterocycles. The molecule has 0 saturated heterocycles. The van der Waals surface area contributed by atoms with Crippen LogP contribution in [0.3, 0.4) is 0 Å². The zero-order valence-corrected chi connectivity index (χ0v) is 17.6. The highest BCUT2D eigenvalue weighted by molar-refractivity contribution is 6.31. The smallest absolute Gasteiger partial charge is 0.417 e. The van der Waals surface area contributed by atoms with Gasteiger partial charge in [0.2, 0.25) is 0 Å². The van der Waals surface area contributed by atoms with E-state index in [1.54, 1.807) is 31.2 Å². The van der Waals surface area contributed by atoms with Crippen LogP contribution in [0.2, 0.25) is 5.02 Å². The fourth-order valence-corrected chi connectivity index (χ4v) is 2.97.